The predicted molar refractivity (Wildman–Crippen MR) is 102 cm³/mol. The molecule has 0 radical (unpaired) electrons. The van der Waals surface area contributed by atoms with Gasteiger partial charge in [-0.25, -0.2) is 0 Å². The highest BCUT2D eigenvalue weighted by molar-refractivity contribution is 6.30. The van der Waals surface area contributed by atoms with E-state index in [2.05, 4.69) is 10.1 Å². The van der Waals surface area contributed by atoms with Gasteiger partial charge in [-0.05, 0) is 37.1 Å². The van der Waals surface area contributed by atoms with Crippen LogP contribution in [-0.2, 0) is 0 Å². The molecule has 1 heterocycles. The zero-order chi connectivity index (χ0) is 18.7. The molecule has 0 unspecified atom stereocenters. The number of halogens is 1. The van der Waals surface area contributed by atoms with Crippen molar-refractivity contribution in [1.82, 2.24) is 14.8 Å². The Hall–Kier alpha value is -2.66. The molecule has 0 saturated carbocycles. The van der Waals surface area contributed by atoms with Crippen LogP contribution in [0.1, 0.15) is 29.8 Å². The first-order valence-electron chi connectivity index (χ1n) is 8.41. The average molecular weight is 370 g/mol. The Morgan fingerprint density at radius 3 is 2.58 bits per heavy atom. The number of ether oxygens (including phenoxy) is 1. The largest absolute Gasteiger partial charge is 0.462 e. The van der Waals surface area contributed by atoms with E-state index < -0.39 is 0 Å². The summed E-state index contributed by atoms with van der Waals surface area (Å²) in [4.78, 5) is 17.4. The van der Waals surface area contributed by atoms with Gasteiger partial charge in [-0.3, -0.25) is 4.79 Å². The third kappa shape index (κ3) is 4.11. The van der Waals surface area contributed by atoms with Crippen LogP contribution in [0.5, 0.6) is 6.01 Å². The Morgan fingerprint density at radius 2 is 1.92 bits per heavy atom. The van der Waals surface area contributed by atoms with Crippen LogP contribution in [0.3, 0.4) is 0 Å². The van der Waals surface area contributed by atoms with E-state index in [0.717, 1.165) is 5.56 Å². The standard InChI is InChI=1S/C20H20ClN3O2/c1-13(2)12-26-20-22-18(16-5-4-6-17(21)11-16)24(23-20)19(25)15-9-7-14(3)8-10-15/h4-11,13H,12H2,1-3H3. The van der Waals surface area contributed by atoms with E-state index in [9.17, 15) is 4.79 Å². The van der Waals surface area contributed by atoms with Crippen LogP contribution in [0.25, 0.3) is 11.4 Å². The van der Waals surface area contributed by atoms with Crippen molar-refractivity contribution in [1.29, 1.82) is 0 Å². The van der Waals surface area contributed by atoms with Crippen LogP contribution in [-0.4, -0.2) is 27.3 Å². The molecule has 0 saturated heterocycles. The van der Waals surface area contributed by atoms with Crippen LogP contribution in [0, 0.1) is 12.8 Å². The predicted octanol–water partition coefficient (Wildman–Crippen LogP) is 4.63. The van der Waals surface area contributed by atoms with Crippen molar-refractivity contribution in [2.75, 3.05) is 6.61 Å². The zero-order valence-corrected chi connectivity index (χ0v) is 15.7. The summed E-state index contributed by atoms with van der Waals surface area (Å²) in [6, 6.07) is 14.7. The molecular formula is C20H20ClN3O2. The first kappa shape index (κ1) is 18.1. The molecule has 0 aliphatic heterocycles. The second-order valence-corrected chi connectivity index (χ2v) is 6.95. The molecule has 0 bridgehead atoms. The highest BCUT2D eigenvalue weighted by Gasteiger charge is 2.20. The van der Waals surface area contributed by atoms with E-state index in [-0.39, 0.29) is 11.9 Å². The van der Waals surface area contributed by atoms with Gasteiger partial charge in [-0.1, -0.05) is 55.3 Å². The summed E-state index contributed by atoms with van der Waals surface area (Å²) in [5, 5.41) is 4.84. The fourth-order valence-corrected chi connectivity index (χ4v) is 2.56. The molecule has 1 aromatic heterocycles. The first-order chi connectivity index (χ1) is 12.4. The van der Waals surface area contributed by atoms with Gasteiger partial charge in [0.1, 0.15) is 0 Å². The second-order valence-electron chi connectivity index (χ2n) is 6.52. The summed E-state index contributed by atoms with van der Waals surface area (Å²) in [6.45, 7) is 6.51. The lowest BCUT2D eigenvalue weighted by molar-refractivity contribution is 0.0944. The van der Waals surface area contributed by atoms with E-state index in [1.165, 1.54) is 4.68 Å². The minimum atomic E-state index is -0.271. The molecule has 134 valence electrons. The number of hydrogen-bond donors (Lipinski definition) is 0. The molecule has 3 aromatic rings. The maximum Gasteiger partial charge on any atom is 0.336 e. The Morgan fingerprint density at radius 1 is 1.19 bits per heavy atom. The minimum absolute atomic E-state index is 0.175. The van der Waals surface area contributed by atoms with Gasteiger partial charge >= 0.3 is 6.01 Å². The number of aromatic nitrogens is 3. The normalized spacial score (nSPS) is 11.0. The SMILES string of the molecule is Cc1ccc(C(=O)n2nc(OCC(C)C)nc2-c2cccc(Cl)c2)cc1. The molecular weight excluding hydrogens is 350 g/mol. The van der Waals surface area contributed by atoms with Gasteiger partial charge in [0.15, 0.2) is 5.82 Å². The topological polar surface area (TPSA) is 57.0 Å². The molecule has 0 spiro atoms. The van der Waals surface area contributed by atoms with Gasteiger partial charge in [-0.15, -0.1) is 5.10 Å². The van der Waals surface area contributed by atoms with Crippen molar-refractivity contribution < 1.29 is 9.53 Å². The first-order valence-corrected chi connectivity index (χ1v) is 8.79. The molecule has 0 atom stereocenters. The highest BCUT2D eigenvalue weighted by Crippen LogP contribution is 2.24. The zero-order valence-electron chi connectivity index (χ0n) is 14.9. The van der Waals surface area contributed by atoms with E-state index in [1.54, 1.807) is 24.3 Å². The number of aryl methyl sites for hydroxylation is 1. The minimum Gasteiger partial charge on any atom is -0.462 e. The van der Waals surface area contributed by atoms with E-state index in [0.29, 0.717) is 34.5 Å². The van der Waals surface area contributed by atoms with Gasteiger partial charge in [0.25, 0.3) is 5.91 Å². The number of carbonyl (C=O) groups is 1. The van der Waals surface area contributed by atoms with Gasteiger partial charge in [-0.2, -0.15) is 9.67 Å². The maximum atomic E-state index is 13.0. The van der Waals surface area contributed by atoms with E-state index >= 15 is 0 Å². The monoisotopic (exact) mass is 369 g/mol. The van der Waals surface area contributed by atoms with Crippen molar-refractivity contribution >= 4 is 17.5 Å². The fraction of sp³-hybridized carbons (Fsp3) is 0.250. The molecule has 2 aromatic carbocycles. The third-order valence-corrected chi connectivity index (χ3v) is 3.94. The summed E-state index contributed by atoms with van der Waals surface area (Å²) in [7, 11) is 0. The summed E-state index contributed by atoms with van der Waals surface area (Å²) in [6.07, 6.45) is 0. The van der Waals surface area contributed by atoms with E-state index in [4.69, 9.17) is 16.3 Å². The number of rotatable bonds is 5. The van der Waals surface area contributed by atoms with Crippen LogP contribution in [0.15, 0.2) is 48.5 Å². The molecule has 6 heteroatoms. The van der Waals surface area contributed by atoms with Gasteiger partial charge in [0, 0.05) is 16.1 Å². The number of nitrogens with zero attached hydrogens (tertiary/aromatic N) is 3. The van der Waals surface area contributed by atoms with Crippen LogP contribution < -0.4 is 4.74 Å². The van der Waals surface area contributed by atoms with E-state index in [1.807, 2.05) is 45.0 Å². The lowest BCUT2D eigenvalue weighted by Gasteiger charge is -2.05. The smallest absolute Gasteiger partial charge is 0.336 e. The fourth-order valence-electron chi connectivity index (χ4n) is 2.37. The third-order valence-electron chi connectivity index (χ3n) is 3.71. The molecule has 0 amide bonds. The highest BCUT2D eigenvalue weighted by atomic mass is 35.5. The number of benzene rings is 2. The molecule has 26 heavy (non-hydrogen) atoms. The van der Waals surface area contributed by atoms with Crippen molar-refractivity contribution in [2.24, 2.45) is 5.92 Å². The Labute approximate surface area is 157 Å². The summed E-state index contributed by atoms with van der Waals surface area (Å²) >= 11 is 6.10. The van der Waals surface area contributed by atoms with Crippen molar-refractivity contribution in [2.45, 2.75) is 20.8 Å². The Bertz CT molecular complexity index is 917. The van der Waals surface area contributed by atoms with Crippen molar-refractivity contribution in [3.05, 3.63) is 64.7 Å². The molecule has 0 aliphatic carbocycles. The number of hydrogen-bond acceptors (Lipinski definition) is 4. The Kier molecular flexibility index (Phi) is 5.38. The molecule has 0 fully saturated rings. The quantitative estimate of drug-likeness (QED) is 0.657. The number of carbonyl (C=O) groups excluding carboxylic acids is 1. The molecule has 5 nitrogen and oxygen atoms in total. The lowest BCUT2D eigenvalue weighted by atomic mass is 10.1. The lowest BCUT2D eigenvalue weighted by Crippen LogP contribution is -2.15. The van der Waals surface area contributed by atoms with Crippen LogP contribution in [0.4, 0.5) is 0 Å². The van der Waals surface area contributed by atoms with Crippen LogP contribution in [0.2, 0.25) is 5.02 Å². The van der Waals surface area contributed by atoms with Gasteiger partial charge in [0.2, 0.25) is 0 Å². The van der Waals surface area contributed by atoms with Crippen molar-refractivity contribution in [3.8, 4) is 17.4 Å². The summed E-state index contributed by atoms with van der Waals surface area (Å²) in [5.74, 6) is 0.452. The van der Waals surface area contributed by atoms with Crippen molar-refractivity contribution in [3.63, 3.8) is 0 Å². The Balaban J connectivity index is 2.03. The molecule has 3 rings (SSSR count). The summed E-state index contributed by atoms with van der Waals surface area (Å²) in [5.41, 5.74) is 2.31. The molecule has 0 N–H and O–H groups in total. The van der Waals surface area contributed by atoms with Gasteiger partial charge < -0.3 is 4.74 Å². The summed E-state index contributed by atoms with van der Waals surface area (Å²) < 4.78 is 6.89. The van der Waals surface area contributed by atoms with Gasteiger partial charge in [0.05, 0.1) is 6.61 Å². The average Bonchev–Trinajstić information content (AvgIpc) is 3.04. The second kappa shape index (κ2) is 7.70. The van der Waals surface area contributed by atoms with Crippen LogP contribution >= 0.6 is 11.6 Å². The molecule has 0 aliphatic rings. The maximum absolute atomic E-state index is 13.0.